The van der Waals surface area contributed by atoms with Crippen LogP contribution in [-0.4, -0.2) is 62.3 Å². The lowest BCUT2D eigenvalue weighted by molar-refractivity contribution is 0.0258. The van der Waals surface area contributed by atoms with E-state index in [-0.39, 0.29) is 0 Å². The van der Waals surface area contributed by atoms with Gasteiger partial charge in [-0.05, 0) is 38.5 Å². The molecule has 1 saturated heterocycles. The van der Waals surface area contributed by atoms with E-state index in [1.54, 1.807) is 0 Å². The second kappa shape index (κ2) is 10.2. The van der Waals surface area contributed by atoms with E-state index in [2.05, 4.69) is 41.3 Å². The van der Waals surface area contributed by atoms with Gasteiger partial charge in [0.1, 0.15) is 0 Å². The van der Waals surface area contributed by atoms with E-state index >= 15 is 0 Å². The first kappa shape index (κ1) is 19.5. The van der Waals surface area contributed by atoms with Gasteiger partial charge in [0.2, 0.25) is 0 Å². The Bertz CT molecular complexity index is 380. The Morgan fingerprint density at radius 2 is 2.00 bits per heavy atom. The van der Waals surface area contributed by atoms with Crippen LogP contribution >= 0.6 is 0 Å². The van der Waals surface area contributed by atoms with Crippen LogP contribution in [0.5, 0.6) is 0 Å². The number of likely N-dealkylation sites (tertiary alicyclic amines) is 1. The van der Waals surface area contributed by atoms with Crippen molar-refractivity contribution in [3.63, 3.8) is 0 Å². The lowest BCUT2D eigenvalue weighted by Gasteiger charge is -2.24. The number of nitrogens with one attached hydrogen (secondary N) is 2. The van der Waals surface area contributed by atoms with Gasteiger partial charge in [-0.1, -0.05) is 26.7 Å². The first-order valence-electron chi connectivity index (χ1n) is 9.96. The number of nitrogens with zero attached hydrogens (tertiary/aromatic N) is 2. The molecule has 5 heteroatoms. The summed E-state index contributed by atoms with van der Waals surface area (Å²) >= 11 is 0. The van der Waals surface area contributed by atoms with Gasteiger partial charge < -0.3 is 15.4 Å². The summed E-state index contributed by atoms with van der Waals surface area (Å²) in [5.41, 5.74) is 0. The zero-order valence-corrected chi connectivity index (χ0v) is 16.2. The molecule has 1 aliphatic heterocycles. The van der Waals surface area contributed by atoms with Gasteiger partial charge in [0.05, 0.1) is 6.10 Å². The fourth-order valence-electron chi connectivity index (χ4n) is 4.05. The second-order valence-electron chi connectivity index (χ2n) is 7.59. The third-order valence-corrected chi connectivity index (χ3v) is 5.47. The van der Waals surface area contributed by atoms with Crippen molar-refractivity contribution in [2.75, 3.05) is 33.3 Å². The third-order valence-electron chi connectivity index (χ3n) is 5.47. The third kappa shape index (κ3) is 5.92. The molecule has 2 aliphatic rings. The molecule has 24 heavy (non-hydrogen) atoms. The summed E-state index contributed by atoms with van der Waals surface area (Å²) in [7, 11) is 1.86. The minimum Gasteiger partial charge on any atom is -0.378 e. The van der Waals surface area contributed by atoms with Gasteiger partial charge in [-0.15, -0.1) is 0 Å². The van der Waals surface area contributed by atoms with Gasteiger partial charge in [-0.2, -0.15) is 0 Å². The molecular formula is C19H38N4O. The van der Waals surface area contributed by atoms with Crippen LogP contribution in [0.4, 0.5) is 0 Å². The summed E-state index contributed by atoms with van der Waals surface area (Å²) in [5.74, 6) is 1.49. The number of ether oxygens (including phenoxy) is 1. The average molecular weight is 339 g/mol. The summed E-state index contributed by atoms with van der Waals surface area (Å²) in [6.45, 7) is 10.6. The fourth-order valence-corrected chi connectivity index (χ4v) is 4.05. The number of hydrogen-bond acceptors (Lipinski definition) is 3. The molecule has 2 atom stereocenters. The van der Waals surface area contributed by atoms with E-state index in [0.717, 1.165) is 31.6 Å². The molecule has 0 radical (unpaired) electrons. The Hall–Kier alpha value is -0.810. The molecule has 1 heterocycles. The first-order chi connectivity index (χ1) is 11.6. The van der Waals surface area contributed by atoms with E-state index in [9.17, 15) is 0 Å². The maximum Gasteiger partial charge on any atom is 0.191 e. The van der Waals surface area contributed by atoms with Crippen LogP contribution in [0.1, 0.15) is 59.3 Å². The molecule has 1 saturated carbocycles. The second-order valence-corrected chi connectivity index (χ2v) is 7.59. The van der Waals surface area contributed by atoms with Gasteiger partial charge in [-0.3, -0.25) is 9.89 Å². The normalized spacial score (nSPS) is 24.7. The molecule has 2 fully saturated rings. The monoisotopic (exact) mass is 338 g/mol. The number of guanidine groups is 1. The van der Waals surface area contributed by atoms with Crippen molar-refractivity contribution in [1.29, 1.82) is 0 Å². The van der Waals surface area contributed by atoms with Crippen LogP contribution in [0.3, 0.4) is 0 Å². The smallest absolute Gasteiger partial charge is 0.191 e. The molecule has 0 amide bonds. The zero-order chi connectivity index (χ0) is 17.4. The van der Waals surface area contributed by atoms with Crippen molar-refractivity contribution in [2.45, 2.75) is 77.5 Å². The highest BCUT2D eigenvalue weighted by Gasteiger charge is 2.30. The quantitative estimate of drug-likeness (QED) is 0.528. The number of hydrogen-bond donors (Lipinski definition) is 2. The van der Waals surface area contributed by atoms with Gasteiger partial charge >= 0.3 is 0 Å². The van der Waals surface area contributed by atoms with Gasteiger partial charge in [0.15, 0.2) is 5.96 Å². The Morgan fingerprint density at radius 1 is 1.25 bits per heavy atom. The van der Waals surface area contributed by atoms with Crippen LogP contribution < -0.4 is 10.6 Å². The van der Waals surface area contributed by atoms with Crippen LogP contribution in [0, 0.1) is 5.92 Å². The maximum absolute atomic E-state index is 5.82. The molecule has 140 valence electrons. The molecule has 0 bridgehead atoms. The van der Waals surface area contributed by atoms with Crippen LogP contribution in [0.25, 0.3) is 0 Å². The zero-order valence-electron chi connectivity index (χ0n) is 16.2. The van der Waals surface area contributed by atoms with E-state index < -0.39 is 0 Å². The van der Waals surface area contributed by atoms with Gasteiger partial charge in [0, 0.05) is 45.4 Å². The van der Waals surface area contributed by atoms with Crippen molar-refractivity contribution in [3.8, 4) is 0 Å². The van der Waals surface area contributed by atoms with Gasteiger partial charge in [-0.25, -0.2) is 0 Å². The number of aliphatic imine (C=N–C) groups is 1. The molecule has 0 aromatic carbocycles. The Kier molecular flexibility index (Phi) is 8.33. The maximum atomic E-state index is 5.82. The Labute approximate surface area is 148 Å². The molecule has 2 unspecified atom stereocenters. The van der Waals surface area contributed by atoms with Crippen molar-refractivity contribution < 1.29 is 4.74 Å². The largest absolute Gasteiger partial charge is 0.378 e. The molecule has 0 spiro atoms. The van der Waals surface area contributed by atoms with E-state index in [1.807, 2.05) is 7.05 Å². The average Bonchev–Trinajstić information content (AvgIpc) is 3.24. The van der Waals surface area contributed by atoms with Crippen molar-refractivity contribution in [1.82, 2.24) is 15.5 Å². The standard InChI is InChI=1S/C19H38N4O/c1-5-24-18(15(2)3)10-12-21-19(20-4)22-16-11-13-23(14-16)17-8-6-7-9-17/h15-18H,5-14H2,1-4H3,(H2,20,21,22). The van der Waals surface area contributed by atoms with Crippen LogP contribution in [-0.2, 0) is 4.74 Å². The highest BCUT2D eigenvalue weighted by molar-refractivity contribution is 5.80. The van der Waals surface area contributed by atoms with Crippen molar-refractivity contribution in [3.05, 3.63) is 0 Å². The van der Waals surface area contributed by atoms with E-state index in [4.69, 9.17) is 4.74 Å². The molecule has 5 nitrogen and oxygen atoms in total. The van der Waals surface area contributed by atoms with Crippen molar-refractivity contribution in [2.24, 2.45) is 10.9 Å². The van der Waals surface area contributed by atoms with Crippen LogP contribution in [0.15, 0.2) is 4.99 Å². The highest BCUT2D eigenvalue weighted by Crippen LogP contribution is 2.26. The number of rotatable bonds is 8. The molecular weight excluding hydrogens is 300 g/mol. The topological polar surface area (TPSA) is 48.9 Å². The lowest BCUT2D eigenvalue weighted by atomic mass is 10.0. The first-order valence-corrected chi connectivity index (χ1v) is 9.96. The van der Waals surface area contributed by atoms with Gasteiger partial charge in [0.25, 0.3) is 0 Å². The lowest BCUT2D eigenvalue weighted by Crippen LogP contribution is -2.46. The molecule has 0 aromatic heterocycles. The summed E-state index contributed by atoms with van der Waals surface area (Å²) in [6, 6.07) is 1.37. The predicted molar refractivity (Wildman–Crippen MR) is 102 cm³/mol. The molecule has 2 rings (SSSR count). The van der Waals surface area contributed by atoms with E-state index in [0.29, 0.717) is 18.1 Å². The molecule has 0 aromatic rings. The molecule has 1 aliphatic carbocycles. The Balaban J connectivity index is 1.68. The fraction of sp³-hybridized carbons (Fsp3) is 0.947. The minimum absolute atomic E-state index is 0.324. The SMILES string of the molecule is CCOC(CCNC(=NC)NC1CCN(C2CCCC2)C1)C(C)C. The van der Waals surface area contributed by atoms with Crippen molar-refractivity contribution >= 4 is 5.96 Å². The summed E-state index contributed by atoms with van der Waals surface area (Å²) in [4.78, 5) is 7.08. The summed E-state index contributed by atoms with van der Waals surface area (Å²) < 4.78 is 5.82. The Morgan fingerprint density at radius 3 is 2.62 bits per heavy atom. The predicted octanol–water partition coefficient (Wildman–Crippen LogP) is 2.62. The summed E-state index contributed by atoms with van der Waals surface area (Å²) in [5, 5.41) is 7.08. The highest BCUT2D eigenvalue weighted by atomic mass is 16.5. The van der Waals surface area contributed by atoms with Crippen LogP contribution in [0.2, 0.25) is 0 Å². The summed E-state index contributed by atoms with van der Waals surface area (Å²) in [6.07, 6.45) is 8.19. The minimum atomic E-state index is 0.324. The molecule has 2 N–H and O–H groups in total. The van der Waals surface area contributed by atoms with E-state index in [1.165, 1.54) is 45.2 Å².